The van der Waals surface area contributed by atoms with Crippen LogP contribution in [0.3, 0.4) is 0 Å². The number of H-pyrrole nitrogens is 1. The monoisotopic (exact) mass is 408 g/mol. The summed E-state index contributed by atoms with van der Waals surface area (Å²) < 4.78 is 43.6. The molecule has 150 valence electrons. The highest BCUT2D eigenvalue weighted by Gasteiger charge is 2.31. The molecule has 5 aromatic rings. The summed E-state index contributed by atoms with van der Waals surface area (Å²) in [5.41, 5.74) is 5.82. The molecular formula is C22H15F3N4O. The summed E-state index contributed by atoms with van der Waals surface area (Å²) in [5, 5.41) is 0.871. The second kappa shape index (κ2) is 6.62. The van der Waals surface area contributed by atoms with Gasteiger partial charge in [0.25, 0.3) is 0 Å². The molecule has 0 aliphatic heterocycles. The molecule has 0 saturated carbocycles. The van der Waals surface area contributed by atoms with E-state index < -0.39 is 6.36 Å². The molecule has 0 aliphatic carbocycles. The van der Waals surface area contributed by atoms with Gasteiger partial charge in [-0.3, -0.25) is 0 Å². The largest absolute Gasteiger partial charge is 0.573 e. The molecule has 5 rings (SSSR count). The maximum absolute atomic E-state index is 12.6. The average Bonchev–Trinajstić information content (AvgIpc) is 3.30. The SMILES string of the molecule is Cn1cnc2ccc(-c3c[nH]c4ncc(-c5cccc(OC(F)(F)F)c5)cc34)cc21. The number of hydrogen-bond donors (Lipinski definition) is 1. The van der Waals surface area contributed by atoms with Crippen LogP contribution in [0.1, 0.15) is 0 Å². The van der Waals surface area contributed by atoms with E-state index in [1.54, 1.807) is 18.6 Å². The molecule has 0 amide bonds. The normalized spacial score (nSPS) is 12.0. The minimum Gasteiger partial charge on any atom is -0.406 e. The Hall–Kier alpha value is -3.81. The summed E-state index contributed by atoms with van der Waals surface area (Å²) in [7, 11) is 1.93. The molecule has 5 nitrogen and oxygen atoms in total. The maximum atomic E-state index is 12.6. The third-order valence-corrected chi connectivity index (χ3v) is 4.97. The van der Waals surface area contributed by atoms with Crippen LogP contribution >= 0.6 is 0 Å². The van der Waals surface area contributed by atoms with Gasteiger partial charge in [-0.2, -0.15) is 0 Å². The number of fused-ring (bicyclic) bond motifs is 2. The van der Waals surface area contributed by atoms with Crippen molar-refractivity contribution in [3.63, 3.8) is 0 Å². The third kappa shape index (κ3) is 3.26. The number of rotatable bonds is 3. The number of benzene rings is 2. The van der Waals surface area contributed by atoms with Gasteiger partial charge in [0, 0.05) is 36.0 Å². The molecule has 0 aliphatic rings. The molecule has 0 fully saturated rings. The Bertz CT molecular complexity index is 1380. The molecular weight excluding hydrogens is 393 g/mol. The van der Waals surface area contributed by atoms with Crippen molar-refractivity contribution in [2.45, 2.75) is 6.36 Å². The van der Waals surface area contributed by atoms with Gasteiger partial charge in [0.2, 0.25) is 0 Å². The molecule has 0 atom stereocenters. The highest BCUT2D eigenvalue weighted by Crippen LogP contribution is 2.33. The van der Waals surface area contributed by atoms with E-state index in [-0.39, 0.29) is 5.75 Å². The van der Waals surface area contributed by atoms with Gasteiger partial charge >= 0.3 is 6.36 Å². The second-order valence-electron chi connectivity index (χ2n) is 6.96. The smallest absolute Gasteiger partial charge is 0.406 e. The van der Waals surface area contributed by atoms with Gasteiger partial charge in [0.15, 0.2) is 0 Å². The number of alkyl halides is 3. The molecule has 3 heterocycles. The highest BCUT2D eigenvalue weighted by atomic mass is 19.4. The summed E-state index contributed by atoms with van der Waals surface area (Å²) in [4.78, 5) is 11.9. The standard InChI is InChI=1S/C22H15F3N4O/c1-29-12-28-19-6-5-14(9-20(19)29)18-11-27-21-17(18)8-15(10-26-21)13-3-2-4-16(7-13)30-22(23,24)25/h2-12H,1H3,(H,26,27). The summed E-state index contributed by atoms with van der Waals surface area (Å²) in [5.74, 6) is -0.268. The van der Waals surface area contributed by atoms with E-state index in [0.717, 1.165) is 27.5 Å². The molecule has 3 aromatic heterocycles. The first-order valence-electron chi connectivity index (χ1n) is 9.12. The fraction of sp³-hybridized carbons (Fsp3) is 0.0909. The average molecular weight is 408 g/mol. The molecule has 0 bridgehead atoms. The summed E-state index contributed by atoms with van der Waals surface area (Å²) >= 11 is 0. The van der Waals surface area contributed by atoms with Gasteiger partial charge in [0.05, 0.1) is 17.4 Å². The lowest BCUT2D eigenvalue weighted by Gasteiger charge is -2.10. The number of aromatic nitrogens is 4. The van der Waals surface area contributed by atoms with Gasteiger partial charge in [-0.05, 0) is 41.5 Å². The van der Waals surface area contributed by atoms with Crippen molar-refractivity contribution in [3.05, 3.63) is 67.3 Å². The Kier molecular flexibility index (Phi) is 4.02. The number of pyridine rings is 1. The van der Waals surface area contributed by atoms with Gasteiger partial charge in [-0.25, -0.2) is 9.97 Å². The first-order chi connectivity index (χ1) is 14.4. The number of nitrogens with one attached hydrogen (secondary N) is 1. The van der Waals surface area contributed by atoms with E-state index in [1.807, 2.05) is 36.0 Å². The van der Waals surface area contributed by atoms with Gasteiger partial charge in [0.1, 0.15) is 11.4 Å². The first kappa shape index (κ1) is 18.2. The van der Waals surface area contributed by atoms with Crippen molar-refractivity contribution in [1.82, 2.24) is 19.5 Å². The lowest BCUT2D eigenvalue weighted by atomic mass is 10.0. The zero-order valence-electron chi connectivity index (χ0n) is 15.7. The minimum absolute atomic E-state index is 0.268. The Morgan fingerprint density at radius 1 is 0.967 bits per heavy atom. The fourth-order valence-corrected chi connectivity index (χ4v) is 3.57. The van der Waals surface area contributed by atoms with Crippen molar-refractivity contribution in [1.29, 1.82) is 0 Å². The zero-order valence-corrected chi connectivity index (χ0v) is 15.7. The van der Waals surface area contributed by atoms with Crippen LogP contribution in [-0.4, -0.2) is 25.9 Å². The topological polar surface area (TPSA) is 55.7 Å². The maximum Gasteiger partial charge on any atom is 0.573 e. The molecule has 30 heavy (non-hydrogen) atoms. The van der Waals surface area contributed by atoms with Gasteiger partial charge < -0.3 is 14.3 Å². The van der Waals surface area contributed by atoms with Gasteiger partial charge in [-0.1, -0.05) is 18.2 Å². The fourth-order valence-electron chi connectivity index (χ4n) is 3.57. The van der Waals surface area contributed by atoms with Crippen molar-refractivity contribution in [3.8, 4) is 28.0 Å². The van der Waals surface area contributed by atoms with E-state index in [4.69, 9.17) is 0 Å². The Balaban J connectivity index is 1.59. The molecule has 2 aromatic carbocycles. The molecule has 0 saturated heterocycles. The number of imidazole rings is 1. The zero-order chi connectivity index (χ0) is 20.9. The third-order valence-electron chi connectivity index (χ3n) is 4.97. The van der Waals surface area contributed by atoms with E-state index in [1.165, 1.54) is 18.2 Å². The minimum atomic E-state index is -4.74. The summed E-state index contributed by atoms with van der Waals surface area (Å²) in [6.45, 7) is 0. The van der Waals surface area contributed by atoms with Crippen LogP contribution in [-0.2, 0) is 7.05 Å². The Morgan fingerprint density at radius 2 is 1.83 bits per heavy atom. The predicted octanol–water partition coefficient (Wildman–Crippen LogP) is 5.68. The van der Waals surface area contributed by atoms with Crippen molar-refractivity contribution in [2.24, 2.45) is 7.05 Å². The molecule has 8 heteroatoms. The molecule has 0 spiro atoms. The highest BCUT2D eigenvalue weighted by molar-refractivity contribution is 5.97. The van der Waals surface area contributed by atoms with Crippen LogP contribution in [0, 0.1) is 0 Å². The number of hydrogen-bond acceptors (Lipinski definition) is 3. The second-order valence-corrected chi connectivity index (χ2v) is 6.96. The van der Waals surface area contributed by atoms with Crippen molar-refractivity contribution < 1.29 is 17.9 Å². The predicted molar refractivity (Wildman–Crippen MR) is 108 cm³/mol. The van der Waals surface area contributed by atoms with E-state index in [0.29, 0.717) is 16.8 Å². The number of aryl methyl sites for hydroxylation is 1. The van der Waals surface area contributed by atoms with Crippen LogP contribution in [0.4, 0.5) is 13.2 Å². The van der Waals surface area contributed by atoms with Crippen molar-refractivity contribution >= 4 is 22.1 Å². The number of ether oxygens (including phenoxy) is 1. The van der Waals surface area contributed by atoms with E-state index in [9.17, 15) is 13.2 Å². The molecule has 0 unspecified atom stereocenters. The van der Waals surface area contributed by atoms with Crippen LogP contribution in [0.2, 0.25) is 0 Å². The lowest BCUT2D eigenvalue weighted by Crippen LogP contribution is -2.17. The quantitative estimate of drug-likeness (QED) is 0.418. The summed E-state index contributed by atoms with van der Waals surface area (Å²) in [6.07, 6.45) is 0.528. The molecule has 1 N–H and O–H groups in total. The Morgan fingerprint density at radius 3 is 2.67 bits per heavy atom. The number of halogens is 3. The van der Waals surface area contributed by atoms with Crippen LogP contribution in [0.15, 0.2) is 67.3 Å². The number of aromatic amines is 1. The summed E-state index contributed by atoms with van der Waals surface area (Å²) in [6, 6.07) is 13.8. The van der Waals surface area contributed by atoms with Gasteiger partial charge in [-0.15, -0.1) is 13.2 Å². The van der Waals surface area contributed by atoms with Crippen LogP contribution < -0.4 is 4.74 Å². The number of nitrogens with zero attached hydrogens (tertiary/aromatic N) is 3. The van der Waals surface area contributed by atoms with Crippen LogP contribution in [0.25, 0.3) is 44.3 Å². The Labute approximate surface area is 168 Å². The van der Waals surface area contributed by atoms with Crippen LogP contribution in [0.5, 0.6) is 5.75 Å². The van der Waals surface area contributed by atoms with E-state index in [2.05, 4.69) is 25.8 Å². The molecule has 0 radical (unpaired) electrons. The van der Waals surface area contributed by atoms with E-state index >= 15 is 0 Å². The lowest BCUT2D eigenvalue weighted by molar-refractivity contribution is -0.274. The first-order valence-corrected chi connectivity index (χ1v) is 9.12. The van der Waals surface area contributed by atoms with Crippen molar-refractivity contribution in [2.75, 3.05) is 0 Å².